The number of para-hydroxylation sites is 3. The van der Waals surface area contributed by atoms with E-state index in [2.05, 4.69) is 174 Å². The quantitative estimate of drug-likeness (QED) is 0.145. The first-order valence-corrected chi connectivity index (χ1v) is 26.5. The summed E-state index contributed by atoms with van der Waals surface area (Å²) >= 11 is 0. The van der Waals surface area contributed by atoms with Crippen LogP contribution in [0.5, 0.6) is 0 Å². The fourth-order valence-electron chi connectivity index (χ4n) is 12.2. The number of allylic oxidation sites excluding steroid dienone is 5. The van der Waals surface area contributed by atoms with Gasteiger partial charge in [-0.25, -0.2) is 0 Å². The molecule has 0 atom stereocenters. The van der Waals surface area contributed by atoms with Gasteiger partial charge < -0.3 is 27.9 Å². The average molecular weight is 1020 g/mol. The predicted molar refractivity (Wildman–Crippen MR) is 327 cm³/mol. The summed E-state index contributed by atoms with van der Waals surface area (Å²) in [5.41, 5.74) is 15.4. The van der Waals surface area contributed by atoms with Crippen molar-refractivity contribution in [3.63, 3.8) is 0 Å². The fraction of sp³-hybridized carbons (Fsp3) is 0.0704. The molecule has 0 unspecified atom stereocenters. The lowest BCUT2D eigenvalue weighted by Gasteiger charge is -2.27. The molecule has 0 radical (unpaired) electrons. The second-order valence-electron chi connectivity index (χ2n) is 20.7. The molecule has 14 rings (SSSR count). The van der Waals surface area contributed by atoms with Gasteiger partial charge >= 0.3 is 0 Å². The Kier molecular flexibility index (Phi) is 10.7. The minimum atomic E-state index is 0.231. The molecule has 0 aliphatic rings. The van der Waals surface area contributed by atoms with Crippen LogP contribution in [-0.2, 0) is 0 Å². The van der Waals surface area contributed by atoms with Crippen molar-refractivity contribution >= 4 is 116 Å². The SMILES string of the molecule is C=C(Nc1c(C#N)c(-n2c3ccc(C)cc3c3cc(C)ccc32)c(-n2c3ccccc3c3ccc4c5ccccc5oc4c32)c(-n2c3ccc(C)cc3c3cc(C)ccc32)c1C#N)c1oc2ccccc2c1\C=C/C=C\C=C/C. The third-order valence-corrected chi connectivity index (χ3v) is 15.6. The zero-order valence-electron chi connectivity index (χ0n) is 44.2. The van der Waals surface area contributed by atoms with Crippen LogP contribution in [0.2, 0.25) is 0 Å². The zero-order valence-corrected chi connectivity index (χ0v) is 44.2. The van der Waals surface area contributed by atoms with Gasteiger partial charge in [0.1, 0.15) is 34.4 Å². The Morgan fingerprint density at radius 2 is 0.937 bits per heavy atom. The molecule has 5 heterocycles. The molecule has 8 nitrogen and oxygen atoms in total. The van der Waals surface area contributed by atoms with Gasteiger partial charge in [-0.1, -0.05) is 150 Å². The number of nitrogens with zero attached hydrogens (tertiary/aromatic N) is 5. The third kappa shape index (κ3) is 7.05. The van der Waals surface area contributed by atoms with Gasteiger partial charge in [-0.2, -0.15) is 10.5 Å². The van der Waals surface area contributed by atoms with Gasteiger partial charge in [0.05, 0.1) is 61.5 Å². The van der Waals surface area contributed by atoms with Crippen LogP contribution >= 0.6 is 0 Å². The Bertz CT molecular complexity index is 4880. The topological polar surface area (TPSA) is 101 Å². The number of nitrogens with one attached hydrogen (secondary N) is 1. The van der Waals surface area contributed by atoms with Crippen molar-refractivity contribution in [2.75, 3.05) is 5.32 Å². The van der Waals surface area contributed by atoms with Crippen LogP contribution in [0.15, 0.2) is 204 Å². The summed E-state index contributed by atoms with van der Waals surface area (Å²) in [6, 6.07) is 60.3. The van der Waals surface area contributed by atoms with E-state index in [1.54, 1.807) is 0 Å². The monoisotopic (exact) mass is 1020 g/mol. The van der Waals surface area contributed by atoms with Gasteiger partial charge in [-0.05, 0) is 107 Å². The van der Waals surface area contributed by atoms with Crippen LogP contribution in [0.3, 0.4) is 0 Å². The van der Waals surface area contributed by atoms with Crippen LogP contribution < -0.4 is 5.32 Å². The largest absolute Gasteiger partial charge is 0.454 e. The number of aryl methyl sites for hydroxylation is 4. The van der Waals surface area contributed by atoms with Crippen molar-refractivity contribution in [1.82, 2.24) is 13.7 Å². The van der Waals surface area contributed by atoms with E-state index >= 15 is 0 Å². The molecule has 0 fully saturated rings. The molecule has 0 bridgehead atoms. The Morgan fingerprint density at radius 3 is 1.48 bits per heavy atom. The van der Waals surface area contributed by atoms with E-state index in [9.17, 15) is 10.5 Å². The first kappa shape index (κ1) is 47.0. The Labute approximate surface area is 455 Å². The van der Waals surface area contributed by atoms with E-state index in [0.29, 0.717) is 39.7 Å². The smallest absolute Gasteiger partial charge is 0.160 e. The Morgan fingerprint density at radius 1 is 0.468 bits per heavy atom. The number of hydrogen-bond donors (Lipinski definition) is 1. The highest BCUT2D eigenvalue weighted by Gasteiger charge is 2.34. The van der Waals surface area contributed by atoms with E-state index in [-0.39, 0.29) is 16.8 Å². The van der Waals surface area contributed by atoms with Crippen LogP contribution in [0.4, 0.5) is 5.69 Å². The summed E-state index contributed by atoms with van der Waals surface area (Å²) in [6.45, 7) is 15.1. The van der Waals surface area contributed by atoms with Crippen LogP contribution in [0.25, 0.3) is 127 Å². The van der Waals surface area contributed by atoms with Crippen molar-refractivity contribution < 1.29 is 8.83 Å². The number of rotatable bonds is 9. The molecule has 0 aliphatic heterocycles. The molecule has 1 N–H and O–H groups in total. The van der Waals surface area contributed by atoms with E-state index < -0.39 is 0 Å². The first-order chi connectivity index (χ1) is 38.6. The molecular weight excluding hydrogens is 969 g/mol. The number of anilines is 1. The van der Waals surface area contributed by atoms with Crippen LogP contribution in [0.1, 0.15) is 51.6 Å². The van der Waals surface area contributed by atoms with Gasteiger partial charge in [0.2, 0.25) is 0 Å². The molecular formula is C71H50N6O2. The highest BCUT2D eigenvalue weighted by atomic mass is 16.3. The second-order valence-corrected chi connectivity index (χ2v) is 20.7. The molecule has 8 heteroatoms. The molecule has 14 aromatic rings. The summed E-state index contributed by atoms with van der Waals surface area (Å²) in [5.74, 6) is 0.470. The number of nitriles is 2. The van der Waals surface area contributed by atoms with Crippen molar-refractivity contribution in [3.05, 3.63) is 239 Å². The van der Waals surface area contributed by atoms with Crippen molar-refractivity contribution in [2.45, 2.75) is 34.6 Å². The second kappa shape index (κ2) is 18.1. The lowest BCUT2D eigenvalue weighted by atomic mass is 9.98. The minimum Gasteiger partial charge on any atom is -0.454 e. The van der Waals surface area contributed by atoms with Crippen molar-refractivity contribution in [2.24, 2.45) is 0 Å². The van der Waals surface area contributed by atoms with Crippen LogP contribution in [0, 0.1) is 50.4 Å². The summed E-state index contributed by atoms with van der Waals surface area (Å²) in [7, 11) is 0. The molecule has 5 aromatic heterocycles. The maximum absolute atomic E-state index is 12.4. The molecule has 0 saturated carbocycles. The number of furan rings is 2. The number of fused-ring (bicyclic) bond motifs is 14. The molecule has 0 amide bonds. The normalized spacial score (nSPS) is 12.2. The van der Waals surface area contributed by atoms with Crippen LogP contribution in [-0.4, -0.2) is 13.7 Å². The van der Waals surface area contributed by atoms with E-state index in [4.69, 9.17) is 15.4 Å². The Balaban J connectivity index is 1.23. The molecule has 79 heavy (non-hydrogen) atoms. The van der Waals surface area contributed by atoms with E-state index in [1.165, 1.54) is 0 Å². The van der Waals surface area contributed by atoms with E-state index in [0.717, 1.165) is 115 Å². The highest BCUT2D eigenvalue weighted by Crippen LogP contribution is 2.50. The maximum Gasteiger partial charge on any atom is 0.160 e. The third-order valence-electron chi connectivity index (χ3n) is 15.6. The number of aromatic nitrogens is 3. The molecule has 376 valence electrons. The van der Waals surface area contributed by atoms with Gasteiger partial charge in [0, 0.05) is 54.0 Å². The minimum absolute atomic E-state index is 0.231. The zero-order chi connectivity index (χ0) is 53.8. The summed E-state index contributed by atoms with van der Waals surface area (Å²) in [4.78, 5) is 0. The molecule has 0 aliphatic carbocycles. The van der Waals surface area contributed by atoms with Crippen molar-refractivity contribution in [3.8, 4) is 29.2 Å². The van der Waals surface area contributed by atoms with Gasteiger partial charge in [-0.15, -0.1) is 0 Å². The lowest BCUT2D eigenvalue weighted by molar-refractivity contribution is 0.599. The average Bonchev–Trinajstić information content (AvgIpc) is 3.06. The lowest BCUT2D eigenvalue weighted by Crippen LogP contribution is -2.16. The Hall–Kier alpha value is -10.5. The molecule has 9 aromatic carbocycles. The summed E-state index contributed by atoms with van der Waals surface area (Å²) < 4.78 is 20.6. The summed E-state index contributed by atoms with van der Waals surface area (Å²) in [5, 5.41) is 37.4. The first-order valence-electron chi connectivity index (χ1n) is 26.5. The number of hydrogen-bond acceptors (Lipinski definition) is 5. The van der Waals surface area contributed by atoms with Crippen molar-refractivity contribution in [1.29, 1.82) is 10.5 Å². The molecule has 0 spiro atoms. The van der Waals surface area contributed by atoms with Gasteiger partial charge in [-0.3, -0.25) is 0 Å². The molecule has 0 saturated heterocycles. The standard InChI is InChI=1S/C71H50N6O2/c1-7-8-9-10-11-21-50-47-19-13-16-23-63(47)78-70(50)45(6)74-65-56(39-72)66(75-59-31-25-41(2)35-52(59)53-36-42(3)26-32-60(53)75)69(67(57(65)40-73)76-61-33-27-43(4)37-54(61)55-38-44(5)28-34-62(55)76)77-58-22-15-12-18-46(58)49-29-30-51-48-20-14-17-24-64(48)79-71(51)68(49)77/h7-38,74H,6H2,1-5H3/b8-7-,10-9-,21-11-. The van der Waals surface area contributed by atoms with Gasteiger partial charge in [0.15, 0.2) is 11.3 Å². The van der Waals surface area contributed by atoms with Gasteiger partial charge in [0.25, 0.3) is 0 Å². The summed E-state index contributed by atoms with van der Waals surface area (Å²) in [6.07, 6.45) is 11.9. The maximum atomic E-state index is 12.4. The fourth-order valence-corrected chi connectivity index (χ4v) is 12.2. The van der Waals surface area contributed by atoms with E-state index in [1.807, 2.05) is 85.8 Å². The highest BCUT2D eigenvalue weighted by molar-refractivity contribution is 6.23. The predicted octanol–water partition coefficient (Wildman–Crippen LogP) is 18.8. The number of benzene rings is 9.